The Kier molecular flexibility index (Phi) is 38.1. The number of hydrogen-bond acceptors (Lipinski definition) is 11. The van der Waals surface area contributed by atoms with Crippen molar-refractivity contribution < 1.29 is 42.0 Å². The molecule has 0 bridgehead atoms. The van der Waals surface area contributed by atoms with Gasteiger partial charge in [-0.2, -0.15) is 0 Å². The van der Waals surface area contributed by atoms with Crippen LogP contribution in [0.25, 0.3) is 0 Å². The van der Waals surface area contributed by atoms with Gasteiger partial charge in [-0.15, -0.1) is 0 Å². The van der Waals surface area contributed by atoms with E-state index in [1.165, 1.54) is 0 Å². The van der Waals surface area contributed by atoms with Crippen LogP contribution in [0.2, 0.25) is 0 Å². The Hall–Kier alpha value is 1.17. The van der Waals surface area contributed by atoms with Gasteiger partial charge < -0.3 is 48.9 Å². The summed E-state index contributed by atoms with van der Waals surface area (Å²) in [5.41, 5.74) is 9.81. The topological polar surface area (TPSA) is 208 Å². The van der Waals surface area contributed by atoms with E-state index in [9.17, 15) is 32.9 Å². The number of nitrogens with two attached hydrogens (primary N) is 2. The summed E-state index contributed by atoms with van der Waals surface area (Å²) in [5.74, 6) is 0. The summed E-state index contributed by atoms with van der Waals surface area (Å²) >= 11 is 0. The van der Waals surface area contributed by atoms with Crippen LogP contribution in [-0.2, 0) is 27.3 Å². The van der Waals surface area contributed by atoms with Gasteiger partial charge in [0.05, 0.1) is 13.2 Å². The largest absolute Gasteiger partial charge is 3.00 e. The van der Waals surface area contributed by atoms with E-state index in [2.05, 4.69) is 0 Å². The number of rotatable bonds is 7. The zero-order valence-corrected chi connectivity index (χ0v) is 26.6. The van der Waals surface area contributed by atoms with Crippen LogP contribution in [-0.4, -0.2) is 80.6 Å². The molecule has 0 spiro atoms. The Labute approximate surface area is 218 Å². The third kappa shape index (κ3) is 40.3. The minimum Gasteiger partial charge on any atom is -0.799 e. The van der Waals surface area contributed by atoms with Crippen LogP contribution in [0, 0.1) is 0 Å². The van der Waals surface area contributed by atoms with Crippen LogP contribution >= 0.6 is 30.4 Å². The van der Waals surface area contributed by atoms with Gasteiger partial charge in [-0.1, -0.05) is 41.5 Å². The molecular weight excluding hydrogens is 539 g/mol. The smallest absolute Gasteiger partial charge is 0.799 e. The average molecular weight is 586 g/mol. The van der Waals surface area contributed by atoms with Crippen LogP contribution < -0.4 is 26.1 Å². The average Bonchev–Trinajstić information content (AvgIpc) is 3.07. The van der Waals surface area contributed by atoms with Crippen molar-refractivity contribution >= 4 is 47.7 Å². The molecule has 1 aliphatic heterocycles. The van der Waals surface area contributed by atoms with Crippen molar-refractivity contribution in [2.75, 3.05) is 63.3 Å². The predicted octanol–water partition coefficient (Wildman–Crippen LogP) is 1.72. The maximum absolute atomic E-state index is 10.4. The van der Waals surface area contributed by atoms with Gasteiger partial charge in [-0.3, -0.25) is 4.57 Å². The molecule has 4 N–H and O–H groups in total. The Morgan fingerprint density at radius 2 is 0.853 bits per heavy atom. The van der Waals surface area contributed by atoms with Crippen LogP contribution in [0.15, 0.2) is 0 Å². The third-order valence-corrected chi connectivity index (χ3v) is 10.7. The molecule has 0 saturated carbocycles. The predicted molar refractivity (Wildman–Crippen MR) is 140 cm³/mol. The van der Waals surface area contributed by atoms with E-state index in [1.54, 1.807) is 41.5 Å². The molecule has 1 heterocycles. The summed E-state index contributed by atoms with van der Waals surface area (Å²) in [6.07, 6.45) is 3.71. The molecular formula is C18H47AlN2O9P4. The quantitative estimate of drug-likeness (QED) is 0.324. The molecule has 1 aliphatic rings. The molecule has 0 radical (unpaired) electrons. The summed E-state index contributed by atoms with van der Waals surface area (Å²) in [5, 5.41) is 0. The Morgan fingerprint density at radius 1 is 0.647 bits per heavy atom. The molecule has 34 heavy (non-hydrogen) atoms. The first-order chi connectivity index (χ1) is 15.2. The number of hydrogen-bond donors (Lipinski definition) is 2. The molecule has 0 amide bonds. The van der Waals surface area contributed by atoms with Gasteiger partial charge >= 0.3 is 25.6 Å². The summed E-state index contributed by atoms with van der Waals surface area (Å²) in [6.45, 7) is 12.4. The molecule has 0 unspecified atom stereocenters. The van der Waals surface area contributed by atoms with Crippen molar-refractivity contribution in [1.82, 2.24) is 0 Å². The first-order valence-corrected chi connectivity index (χ1v) is 18.5. The maximum Gasteiger partial charge on any atom is 3.00 e. The fourth-order valence-electron chi connectivity index (χ4n) is 1.23. The van der Waals surface area contributed by atoms with Gasteiger partial charge in [0.2, 0.25) is 0 Å². The summed E-state index contributed by atoms with van der Waals surface area (Å²) in [6, 6.07) is 0. The third-order valence-electron chi connectivity index (χ3n) is 4.04. The molecule has 0 aromatic heterocycles. The standard InChI is InChI=1S/C4H9O3P.3C4H11O2P.C2H8N2.Al/c5-8-6-3-1-2-4-7-8;3*1-3-7(5,6)4-2;3-1-2-4;/h8H,1-4H2;3*3-4H2,1-2H3,(H,5,6);1-4H2;/q;;;;;+3/p-3. The first-order valence-electron chi connectivity index (χ1n) is 11.2. The van der Waals surface area contributed by atoms with Gasteiger partial charge in [0.15, 0.2) is 0 Å². The normalized spacial score (nSPS) is 14.1. The van der Waals surface area contributed by atoms with E-state index in [1.807, 2.05) is 0 Å². The second-order valence-electron chi connectivity index (χ2n) is 6.57. The zero-order valence-electron chi connectivity index (χ0n) is 21.7. The minimum absolute atomic E-state index is 0. The summed E-state index contributed by atoms with van der Waals surface area (Å²) < 4.78 is 51.1. The van der Waals surface area contributed by atoms with E-state index >= 15 is 0 Å². The summed E-state index contributed by atoms with van der Waals surface area (Å²) in [7, 11) is -10.8. The van der Waals surface area contributed by atoms with Gasteiger partial charge in [0.1, 0.15) is 0 Å². The second-order valence-corrected chi connectivity index (χ2v) is 16.3. The molecule has 1 rings (SSSR count). The first kappa shape index (κ1) is 45.1. The Morgan fingerprint density at radius 3 is 0.971 bits per heavy atom. The molecule has 1 saturated heterocycles. The SMILES string of the molecule is CCP(=O)([O-])CC.CCP(=O)([O-])CC.CCP(=O)([O-])CC.NCCN.O=[PH]1OCCCCO1.[Al+3]. The van der Waals surface area contributed by atoms with Crippen LogP contribution in [0.3, 0.4) is 0 Å². The monoisotopic (exact) mass is 586 g/mol. The summed E-state index contributed by atoms with van der Waals surface area (Å²) in [4.78, 5) is 31.2. The van der Waals surface area contributed by atoms with Gasteiger partial charge in [0.25, 0.3) is 0 Å². The second kappa shape index (κ2) is 28.7. The van der Waals surface area contributed by atoms with Crippen molar-refractivity contribution in [2.45, 2.75) is 54.4 Å². The fourth-order valence-corrected chi connectivity index (χ4v) is 3.27. The maximum atomic E-state index is 10.4. The van der Waals surface area contributed by atoms with Gasteiger partial charge in [-0.05, 0) is 49.8 Å². The van der Waals surface area contributed by atoms with Crippen molar-refractivity contribution in [3.8, 4) is 0 Å². The fraction of sp³-hybridized carbons (Fsp3) is 1.00. The molecule has 11 nitrogen and oxygen atoms in total. The van der Waals surface area contributed by atoms with Crippen LogP contribution in [0.1, 0.15) is 54.4 Å². The van der Waals surface area contributed by atoms with Crippen molar-refractivity contribution in [3.05, 3.63) is 0 Å². The molecule has 206 valence electrons. The van der Waals surface area contributed by atoms with Gasteiger partial charge in [-0.25, -0.2) is 0 Å². The van der Waals surface area contributed by atoms with E-state index < -0.39 is 30.4 Å². The Bertz CT molecular complexity index is 509. The van der Waals surface area contributed by atoms with E-state index in [0.717, 1.165) is 12.8 Å². The molecule has 0 aliphatic carbocycles. The van der Waals surface area contributed by atoms with E-state index in [4.69, 9.17) is 20.5 Å². The molecule has 0 aromatic rings. The zero-order chi connectivity index (χ0) is 27.0. The van der Waals surface area contributed by atoms with Crippen molar-refractivity contribution in [2.24, 2.45) is 11.5 Å². The van der Waals surface area contributed by atoms with E-state index in [0.29, 0.717) is 63.3 Å². The molecule has 1 fully saturated rings. The minimum atomic E-state index is -2.90. The molecule has 0 atom stereocenters. The van der Waals surface area contributed by atoms with E-state index in [-0.39, 0.29) is 17.4 Å². The van der Waals surface area contributed by atoms with Crippen molar-refractivity contribution in [1.29, 1.82) is 0 Å². The molecule has 16 heteroatoms. The van der Waals surface area contributed by atoms with Crippen LogP contribution in [0.5, 0.6) is 0 Å². The molecule has 0 aromatic carbocycles. The van der Waals surface area contributed by atoms with Crippen LogP contribution in [0.4, 0.5) is 0 Å². The Balaban J connectivity index is -0.000000104. The van der Waals surface area contributed by atoms with Crippen molar-refractivity contribution in [3.63, 3.8) is 0 Å². The van der Waals surface area contributed by atoms with Gasteiger partial charge in [0, 0.05) is 35.2 Å².